The number of hydrogen-bond donors (Lipinski definition) is 1. The number of anilines is 1. The van der Waals surface area contributed by atoms with Gasteiger partial charge in [-0.1, -0.05) is 18.2 Å². The first-order valence-electron chi connectivity index (χ1n) is 9.92. The standard InChI is InChI=1S/C24H22N2O4/c1-15-11-22(25-13-19(15)16-3-6-18(28-2)7-4-16)26-23(27)24(9-10-24)17-5-8-20-21(12-17)30-14-29-20/h3-8,11-13H,9-10,14H2,1-2H3,(H,25,26,27). The van der Waals surface area contributed by atoms with E-state index < -0.39 is 5.41 Å². The van der Waals surface area contributed by atoms with Crippen LogP contribution in [-0.2, 0) is 10.2 Å². The lowest BCUT2D eigenvalue weighted by molar-refractivity contribution is -0.118. The maximum absolute atomic E-state index is 13.1. The molecule has 6 nitrogen and oxygen atoms in total. The van der Waals surface area contributed by atoms with Crippen molar-refractivity contribution < 1.29 is 19.0 Å². The molecule has 3 aromatic rings. The second-order valence-electron chi connectivity index (χ2n) is 7.72. The molecule has 2 aliphatic rings. The Morgan fingerprint density at radius 2 is 1.83 bits per heavy atom. The first-order chi connectivity index (χ1) is 14.6. The lowest BCUT2D eigenvalue weighted by Crippen LogP contribution is -2.28. The number of aromatic nitrogens is 1. The Morgan fingerprint density at radius 1 is 1.07 bits per heavy atom. The van der Waals surface area contributed by atoms with E-state index in [-0.39, 0.29) is 12.7 Å². The molecule has 1 fully saturated rings. The van der Waals surface area contributed by atoms with Gasteiger partial charge in [-0.15, -0.1) is 0 Å². The van der Waals surface area contributed by atoms with Crippen LogP contribution < -0.4 is 19.5 Å². The van der Waals surface area contributed by atoms with E-state index in [1.165, 1.54) is 0 Å². The van der Waals surface area contributed by atoms with Crippen molar-refractivity contribution in [1.82, 2.24) is 4.98 Å². The molecule has 30 heavy (non-hydrogen) atoms. The molecule has 6 heteroatoms. The number of benzene rings is 2. The summed E-state index contributed by atoms with van der Waals surface area (Å²) in [7, 11) is 1.65. The molecule has 2 heterocycles. The van der Waals surface area contributed by atoms with Gasteiger partial charge in [-0.3, -0.25) is 4.79 Å². The molecule has 0 saturated heterocycles. The van der Waals surface area contributed by atoms with Gasteiger partial charge in [0.05, 0.1) is 12.5 Å². The molecule has 1 aliphatic carbocycles. The summed E-state index contributed by atoms with van der Waals surface area (Å²) < 4.78 is 16.1. The van der Waals surface area contributed by atoms with Gasteiger partial charge in [-0.2, -0.15) is 0 Å². The van der Waals surface area contributed by atoms with Crippen LogP contribution in [0.4, 0.5) is 5.82 Å². The van der Waals surface area contributed by atoms with E-state index in [0.29, 0.717) is 11.6 Å². The molecule has 1 aromatic heterocycles. The zero-order chi connectivity index (χ0) is 20.7. The smallest absolute Gasteiger partial charge is 0.236 e. The van der Waals surface area contributed by atoms with Gasteiger partial charge >= 0.3 is 0 Å². The van der Waals surface area contributed by atoms with Gasteiger partial charge < -0.3 is 19.5 Å². The topological polar surface area (TPSA) is 69.7 Å². The SMILES string of the molecule is COc1ccc(-c2cnc(NC(=O)C3(c4ccc5c(c4)OCO5)CC3)cc2C)cc1. The lowest BCUT2D eigenvalue weighted by Gasteiger charge is -2.16. The van der Waals surface area contributed by atoms with Crippen molar-refractivity contribution in [2.75, 3.05) is 19.2 Å². The number of methoxy groups -OCH3 is 1. The molecule has 1 saturated carbocycles. The van der Waals surface area contributed by atoms with Crippen molar-refractivity contribution in [3.8, 4) is 28.4 Å². The molecule has 0 spiro atoms. The van der Waals surface area contributed by atoms with Crippen LogP contribution in [0.2, 0.25) is 0 Å². The molecule has 0 radical (unpaired) electrons. The Kier molecular flexibility index (Phi) is 4.35. The molecule has 152 valence electrons. The largest absolute Gasteiger partial charge is 0.497 e. The summed E-state index contributed by atoms with van der Waals surface area (Å²) in [5.41, 5.74) is 3.55. The number of nitrogens with one attached hydrogen (secondary N) is 1. The third-order valence-electron chi connectivity index (χ3n) is 5.86. The first kappa shape index (κ1) is 18.5. The monoisotopic (exact) mass is 402 g/mol. The molecular formula is C24H22N2O4. The zero-order valence-electron chi connectivity index (χ0n) is 16.9. The van der Waals surface area contributed by atoms with E-state index in [1.807, 2.05) is 55.5 Å². The van der Waals surface area contributed by atoms with E-state index in [4.69, 9.17) is 14.2 Å². The summed E-state index contributed by atoms with van der Waals surface area (Å²) in [5, 5.41) is 3.01. The number of ether oxygens (including phenoxy) is 3. The van der Waals surface area contributed by atoms with Crippen LogP contribution in [0.15, 0.2) is 54.7 Å². The fraction of sp³-hybridized carbons (Fsp3) is 0.250. The highest BCUT2D eigenvalue weighted by atomic mass is 16.7. The fourth-order valence-electron chi connectivity index (χ4n) is 3.90. The number of fused-ring (bicyclic) bond motifs is 1. The van der Waals surface area contributed by atoms with Crippen molar-refractivity contribution in [2.45, 2.75) is 25.2 Å². The average Bonchev–Trinajstić information content (AvgIpc) is 3.45. The molecule has 1 aliphatic heterocycles. The molecule has 2 aromatic carbocycles. The predicted molar refractivity (Wildman–Crippen MR) is 113 cm³/mol. The highest BCUT2D eigenvalue weighted by molar-refractivity contribution is 6.01. The number of nitrogens with zero attached hydrogens (tertiary/aromatic N) is 1. The summed E-state index contributed by atoms with van der Waals surface area (Å²) in [6.45, 7) is 2.24. The molecular weight excluding hydrogens is 380 g/mol. The number of hydrogen-bond acceptors (Lipinski definition) is 5. The Morgan fingerprint density at radius 3 is 2.53 bits per heavy atom. The van der Waals surface area contributed by atoms with Gasteiger partial charge in [-0.25, -0.2) is 4.98 Å². The van der Waals surface area contributed by atoms with Crippen LogP contribution in [0.25, 0.3) is 11.1 Å². The molecule has 0 unspecified atom stereocenters. The van der Waals surface area contributed by atoms with Crippen LogP contribution in [0.5, 0.6) is 17.2 Å². The van der Waals surface area contributed by atoms with Crippen LogP contribution in [0.1, 0.15) is 24.0 Å². The van der Waals surface area contributed by atoms with Crippen LogP contribution in [0, 0.1) is 6.92 Å². The third-order valence-corrected chi connectivity index (χ3v) is 5.86. The summed E-state index contributed by atoms with van der Waals surface area (Å²) in [6, 6.07) is 15.5. The van der Waals surface area contributed by atoms with Gasteiger partial charge in [0.15, 0.2) is 11.5 Å². The summed E-state index contributed by atoms with van der Waals surface area (Å²) in [4.78, 5) is 17.6. The van der Waals surface area contributed by atoms with Gasteiger partial charge in [0.1, 0.15) is 11.6 Å². The van der Waals surface area contributed by atoms with Crippen molar-refractivity contribution in [1.29, 1.82) is 0 Å². The van der Waals surface area contributed by atoms with Crippen molar-refractivity contribution in [3.63, 3.8) is 0 Å². The maximum Gasteiger partial charge on any atom is 0.236 e. The number of carbonyl (C=O) groups excluding carboxylic acids is 1. The summed E-state index contributed by atoms with van der Waals surface area (Å²) in [6.07, 6.45) is 3.41. The van der Waals surface area contributed by atoms with Crippen molar-refractivity contribution in [3.05, 3.63) is 65.9 Å². The Balaban J connectivity index is 1.35. The Labute approximate surface area is 174 Å². The zero-order valence-corrected chi connectivity index (χ0v) is 16.9. The predicted octanol–water partition coefficient (Wildman–Crippen LogP) is 4.46. The number of carbonyl (C=O) groups is 1. The second kappa shape index (κ2) is 7.06. The van der Waals surface area contributed by atoms with E-state index in [0.717, 1.165) is 46.6 Å². The van der Waals surface area contributed by atoms with Gasteiger partial charge in [0, 0.05) is 11.8 Å². The van der Waals surface area contributed by atoms with Gasteiger partial charge in [0.25, 0.3) is 0 Å². The molecule has 0 bridgehead atoms. The van der Waals surface area contributed by atoms with Crippen molar-refractivity contribution in [2.24, 2.45) is 0 Å². The highest BCUT2D eigenvalue weighted by Crippen LogP contribution is 2.51. The minimum Gasteiger partial charge on any atom is -0.497 e. The van der Waals surface area contributed by atoms with Crippen LogP contribution in [-0.4, -0.2) is 24.8 Å². The number of rotatable bonds is 5. The van der Waals surface area contributed by atoms with Crippen LogP contribution >= 0.6 is 0 Å². The number of pyridine rings is 1. The third kappa shape index (κ3) is 3.14. The second-order valence-corrected chi connectivity index (χ2v) is 7.72. The summed E-state index contributed by atoms with van der Waals surface area (Å²) >= 11 is 0. The maximum atomic E-state index is 13.1. The van der Waals surface area contributed by atoms with Crippen LogP contribution in [0.3, 0.4) is 0 Å². The molecule has 1 N–H and O–H groups in total. The molecule has 0 atom stereocenters. The fourth-order valence-corrected chi connectivity index (χ4v) is 3.90. The number of aryl methyl sites for hydroxylation is 1. The highest BCUT2D eigenvalue weighted by Gasteiger charge is 2.51. The minimum absolute atomic E-state index is 0.0366. The Bertz CT molecular complexity index is 1120. The first-order valence-corrected chi connectivity index (χ1v) is 9.92. The van der Waals surface area contributed by atoms with E-state index >= 15 is 0 Å². The minimum atomic E-state index is -0.523. The lowest BCUT2D eigenvalue weighted by atomic mass is 9.94. The van der Waals surface area contributed by atoms with Gasteiger partial charge in [0.2, 0.25) is 12.7 Å². The van der Waals surface area contributed by atoms with E-state index in [9.17, 15) is 4.79 Å². The van der Waals surface area contributed by atoms with E-state index in [1.54, 1.807) is 13.3 Å². The normalized spacial score (nSPS) is 15.5. The Hall–Kier alpha value is -3.54. The quantitative estimate of drug-likeness (QED) is 0.682. The van der Waals surface area contributed by atoms with E-state index in [2.05, 4.69) is 10.3 Å². The van der Waals surface area contributed by atoms with Gasteiger partial charge in [-0.05, 0) is 66.8 Å². The molecule has 1 amide bonds. The van der Waals surface area contributed by atoms with Crippen molar-refractivity contribution >= 4 is 11.7 Å². The number of amides is 1. The molecule has 5 rings (SSSR count). The summed E-state index contributed by atoms with van der Waals surface area (Å²) in [5.74, 6) is 2.75. The average molecular weight is 402 g/mol.